The predicted molar refractivity (Wildman–Crippen MR) is 104 cm³/mol. The standard InChI is InChI=1S/C22H13F9N2O2/c23-20(24,25)12-33(15-4-1-14(10-32)18(9-15)21(26,27)28)11-17-7-8-19(34-17)13-2-5-16(6-3-13)35-22(29,30)31/h1-9H,11-12H2. The van der Waals surface area contributed by atoms with Gasteiger partial charge in [-0.1, -0.05) is 0 Å². The largest absolute Gasteiger partial charge is 0.573 e. The molecule has 0 atom stereocenters. The molecule has 3 rings (SSSR count). The molecular weight excluding hydrogens is 495 g/mol. The Morgan fingerprint density at radius 2 is 1.51 bits per heavy atom. The number of anilines is 1. The predicted octanol–water partition coefficient (Wildman–Crippen LogP) is 7.30. The van der Waals surface area contributed by atoms with E-state index < -0.39 is 54.4 Å². The molecular formula is C22H13F9N2O2. The molecule has 0 saturated heterocycles. The molecule has 35 heavy (non-hydrogen) atoms. The van der Waals surface area contributed by atoms with E-state index in [4.69, 9.17) is 9.68 Å². The van der Waals surface area contributed by atoms with Gasteiger partial charge >= 0.3 is 18.7 Å². The van der Waals surface area contributed by atoms with E-state index >= 15 is 0 Å². The van der Waals surface area contributed by atoms with Gasteiger partial charge in [-0.05, 0) is 54.6 Å². The van der Waals surface area contributed by atoms with Crippen LogP contribution in [0.25, 0.3) is 11.3 Å². The highest BCUT2D eigenvalue weighted by Gasteiger charge is 2.36. The van der Waals surface area contributed by atoms with Gasteiger partial charge in [-0.3, -0.25) is 0 Å². The molecule has 0 N–H and O–H groups in total. The monoisotopic (exact) mass is 508 g/mol. The SMILES string of the molecule is N#Cc1ccc(N(Cc2ccc(-c3ccc(OC(F)(F)F)cc3)o2)CC(F)(F)F)cc1C(F)(F)F. The molecule has 0 saturated carbocycles. The Hall–Kier alpha value is -3.82. The lowest BCUT2D eigenvalue weighted by Gasteiger charge is -2.26. The Labute approximate surface area is 191 Å². The van der Waals surface area contributed by atoms with Crippen LogP contribution in [-0.4, -0.2) is 19.1 Å². The molecule has 0 bridgehead atoms. The highest BCUT2D eigenvalue weighted by atomic mass is 19.4. The van der Waals surface area contributed by atoms with Gasteiger partial charge in [0.05, 0.1) is 23.7 Å². The average molecular weight is 508 g/mol. The Kier molecular flexibility index (Phi) is 6.96. The number of nitrogens with zero attached hydrogens (tertiary/aromatic N) is 2. The van der Waals surface area contributed by atoms with E-state index in [2.05, 4.69) is 4.74 Å². The summed E-state index contributed by atoms with van der Waals surface area (Å²) < 4.78 is 125. The maximum absolute atomic E-state index is 13.3. The molecule has 0 amide bonds. The second-order valence-electron chi connectivity index (χ2n) is 7.15. The summed E-state index contributed by atoms with van der Waals surface area (Å²) in [4.78, 5) is 0.597. The fourth-order valence-electron chi connectivity index (χ4n) is 3.14. The summed E-state index contributed by atoms with van der Waals surface area (Å²) in [5.41, 5.74) is -2.29. The first-order valence-corrected chi connectivity index (χ1v) is 9.52. The minimum Gasteiger partial charge on any atom is -0.459 e. The van der Waals surface area contributed by atoms with Crippen molar-refractivity contribution in [3.63, 3.8) is 0 Å². The minimum absolute atomic E-state index is 0.0576. The molecule has 0 unspecified atom stereocenters. The fourth-order valence-corrected chi connectivity index (χ4v) is 3.14. The highest BCUT2D eigenvalue weighted by Crippen LogP contribution is 2.36. The van der Waals surface area contributed by atoms with Gasteiger partial charge in [-0.25, -0.2) is 0 Å². The fraction of sp³-hybridized carbons (Fsp3) is 0.227. The van der Waals surface area contributed by atoms with Crippen molar-refractivity contribution in [3.05, 3.63) is 71.5 Å². The number of hydrogen-bond acceptors (Lipinski definition) is 4. The van der Waals surface area contributed by atoms with Crippen molar-refractivity contribution in [3.8, 4) is 23.1 Å². The van der Waals surface area contributed by atoms with Crippen molar-refractivity contribution >= 4 is 5.69 Å². The number of benzene rings is 2. The third-order valence-corrected chi connectivity index (χ3v) is 4.55. The summed E-state index contributed by atoms with van der Waals surface area (Å²) >= 11 is 0. The van der Waals surface area contributed by atoms with Gasteiger partial charge in [0.25, 0.3) is 0 Å². The number of ether oxygens (including phenoxy) is 1. The van der Waals surface area contributed by atoms with Crippen LogP contribution in [0, 0.1) is 11.3 Å². The number of alkyl halides is 9. The quantitative estimate of drug-likeness (QED) is 0.328. The van der Waals surface area contributed by atoms with Crippen molar-refractivity contribution < 1.29 is 48.7 Å². The summed E-state index contributed by atoms with van der Waals surface area (Å²) in [6.45, 7) is -2.20. The van der Waals surface area contributed by atoms with Gasteiger partial charge in [0.15, 0.2) is 0 Å². The van der Waals surface area contributed by atoms with Gasteiger partial charge < -0.3 is 14.1 Å². The van der Waals surface area contributed by atoms with Crippen LogP contribution in [-0.2, 0) is 12.7 Å². The number of nitriles is 1. The van der Waals surface area contributed by atoms with Crippen LogP contribution in [0.4, 0.5) is 45.2 Å². The molecule has 186 valence electrons. The zero-order valence-electron chi connectivity index (χ0n) is 17.2. The van der Waals surface area contributed by atoms with E-state index in [1.54, 1.807) is 0 Å². The van der Waals surface area contributed by atoms with E-state index in [1.807, 2.05) is 0 Å². The smallest absolute Gasteiger partial charge is 0.459 e. The zero-order valence-corrected chi connectivity index (χ0v) is 17.2. The van der Waals surface area contributed by atoms with E-state index in [0.717, 1.165) is 24.3 Å². The molecule has 1 aromatic heterocycles. The lowest BCUT2D eigenvalue weighted by molar-refractivity contribution is -0.274. The average Bonchev–Trinajstić information content (AvgIpc) is 3.19. The summed E-state index contributed by atoms with van der Waals surface area (Å²) in [5, 5.41) is 8.89. The van der Waals surface area contributed by atoms with Gasteiger partial charge in [-0.15, -0.1) is 13.2 Å². The molecule has 13 heteroatoms. The molecule has 1 heterocycles. The minimum atomic E-state index is -4.97. The third kappa shape index (κ3) is 7.08. The second kappa shape index (κ2) is 9.44. The van der Waals surface area contributed by atoms with Crippen molar-refractivity contribution in [2.75, 3.05) is 11.4 Å². The Bertz CT molecular complexity index is 1200. The van der Waals surface area contributed by atoms with Crippen LogP contribution in [0.15, 0.2) is 59.0 Å². The first-order chi connectivity index (χ1) is 16.1. The Morgan fingerprint density at radius 3 is 2.06 bits per heavy atom. The van der Waals surface area contributed by atoms with Crippen LogP contribution < -0.4 is 9.64 Å². The van der Waals surface area contributed by atoms with Gasteiger partial charge in [0.1, 0.15) is 23.8 Å². The van der Waals surface area contributed by atoms with Crippen molar-refractivity contribution in [1.82, 2.24) is 0 Å². The van der Waals surface area contributed by atoms with Crippen molar-refractivity contribution in [2.24, 2.45) is 0 Å². The van der Waals surface area contributed by atoms with E-state index in [-0.39, 0.29) is 17.1 Å². The Balaban J connectivity index is 1.88. The lowest BCUT2D eigenvalue weighted by atomic mass is 10.1. The Morgan fingerprint density at radius 1 is 0.857 bits per heavy atom. The summed E-state index contributed by atoms with van der Waals surface area (Å²) in [6, 6.07) is 10.7. The van der Waals surface area contributed by atoms with Gasteiger partial charge in [-0.2, -0.15) is 31.6 Å². The van der Waals surface area contributed by atoms with E-state index in [9.17, 15) is 39.5 Å². The topological polar surface area (TPSA) is 49.4 Å². The molecule has 0 spiro atoms. The maximum Gasteiger partial charge on any atom is 0.573 e. The molecule has 0 radical (unpaired) electrons. The molecule has 4 nitrogen and oxygen atoms in total. The van der Waals surface area contributed by atoms with Gasteiger partial charge in [0.2, 0.25) is 0 Å². The number of rotatable bonds is 6. The lowest BCUT2D eigenvalue weighted by Crippen LogP contribution is -2.34. The summed E-state index contributed by atoms with van der Waals surface area (Å²) in [5.74, 6) is -0.454. The van der Waals surface area contributed by atoms with Crippen LogP contribution >= 0.6 is 0 Å². The molecule has 2 aromatic carbocycles. The number of furan rings is 1. The number of hydrogen-bond donors (Lipinski definition) is 0. The zero-order chi connectivity index (χ0) is 26.0. The maximum atomic E-state index is 13.3. The van der Waals surface area contributed by atoms with Crippen molar-refractivity contribution in [1.29, 1.82) is 5.26 Å². The van der Waals surface area contributed by atoms with Crippen LogP contribution in [0.1, 0.15) is 16.9 Å². The van der Waals surface area contributed by atoms with E-state index in [0.29, 0.717) is 11.0 Å². The van der Waals surface area contributed by atoms with Crippen LogP contribution in [0.2, 0.25) is 0 Å². The summed E-state index contributed by atoms with van der Waals surface area (Å²) in [7, 11) is 0. The molecule has 0 aliphatic carbocycles. The molecule has 0 aliphatic rings. The first-order valence-electron chi connectivity index (χ1n) is 9.52. The van der Waals surface area contributed by atoms with E-state index in [1.165, 1.54) is 30.3 Å². The second-order valence-corrected chi connectivity index (χ2v) is 7.15. The normalized spacial score (nSPS) is 12.3. The van der Waals surface area contributed by atoms with Gasteiger partial charge in [0, 0.05) is 11.3 Å². The number of halogens is 9. The molecule has 0 aliphatic heterocycles. The molecule has 0 fully saturated rings. The van der Waals surface area contributed by atoms with Crippen molar-refractivity contribution in [2.45, 2.75) is 25.3 Å². The summed E-state index contributed by atoms with van der Waals surface area (Å²) in [6.07, 6.45) is -14.6. The van der Waals surface area contributed by atoms with Crippen LogP contribution in [0.5, 0.6) is 5.75 Å². The third-order valence-electron chi connectivity index (χ3n) is 4.55. The first kappa shape index (κ1) is 25.8. The molecule has 3 aromatic rings. The van der Waals surface area contributed by atoms with Crippen LogP contribution in [0.3, 0.4) is 0 Å². The highest BCUT2D eigenvalue weighted by molar-refractivity contribution is 5.59.